The van der Waals surface area contributed by atoms with E-state index in [-0.39, 0.29) is 0 Å². The maximum absolute atomic E-state index is 10.6. The lowest BCUT2D eigenvalue weighted by atomic mass is 9.94. The van der Waals surface area contributed by atoms with Gasteiger partial charge in [0.2, 0.25) is 5.91 Å². The average molecular weight is 220 g/mol. The van der Waals surface area contributed by atoms with E-state index in [1.165, 1.54) is 0 Å². The maximum atomic E-state index is 10.6. The Morgan fingerprint density at radius 2 is 1.60 bits per heavy atom. The van der Waals surface area contributed by atoms with Crippen molar-refractivity contribution in [1.82, 2.24) is 0 Å². The van der Waals surface area contributed by atoms with Gasteiger partial charge in [0.1, 0.15) is 12.1 Å². The Morgan fingerprint density at radius 3 is 1.87 bits per heavy atom. The van der Waals surface area contributed by atoms with Crippen LogP contribution in [0.4, 0.5) is 0 Å². The number of carboxylic acids is 2. The van der Waals surface area contributed by atoms with Gasteiger partial charge in [-0.05, 0) is 6.42 Å². The third-order valence-corrected chi connectivity index (χ3v) is 1.81. The molecule has 0 aromatic rings. The molecule has 0 spiro atoms. The highest BCUT2D eigenvalue weighted by molar-refractivity contribution is 5.85. The largest absolute Gasteiger partial charge is 0.481 e. The fraction of sp³-hybridized carbons (Fsp3) is 0.571. The molecule has 8 heteroatoms. The molecule has 15 heavy (non-hydrogen) atoms. The van der Waals surface area contributed by atoms with E-state index in [0.29, 0.717) is 0 Å². The summed E-state index contributed by atoms with van der Waals surface area (Å²) in [5.41, 5.74) is 9.75. The van der Waals surface area contributed by atoms with Crippen molar-refractivity contribution in [2.24, 2.45) is 17.4 Å². The second-order valence-electron chi connectivity index (χ2n) is 2.97. The molecule has 3 atom stereocenters. The van der Waals surface area contributed by atoms with Crippen LogP contribution in [0.5, 0.6) is 0 Å². The van der Waals surface area contributed by atoms with Gasteiger partial charge in [0.05, 0.1) is 5.92 Å². The van der Waals surface area contributed by atoms with Crippen molar-refractivity contribution in [2.45, 2.75) is 18.6 Å². The number of rotatable bonds is 6. The molecule has 0 aliphatic heterocycles. The first kappa shape index (κ1) is 13.3. The van der Waals surface area contributed by atoms with Crippen LogP contribution in [0.25, 0.3) is 0 Å². The number of primary amides is 1. The lowest BCUT2D eigenvalue weighted by Crippen LogP contribution is -2.44. The molecular formula is C7H12N2O6. The molecule has 0 saturated carbocycles. The summed E-state index contributed by atoms with van der Waals surface area (Å²) in [7, 11) is 0. The Morgan fingerprint density at radius 1 is 1.13 bits per heavy atom. The minimum atomic E-state index is -1.95. The van der Waals surface area contributed by atoms with Crippen LogP contribution in [-0.2, 0) is 14.4 Å². The van der Waals surface area contributed by atoms with Crippen LogP contribution in [0.3, 0.4) is 0 Å². The number of aliphatic hydroxyl groups is 1. The minimum absolute atomic E-state index is 0.575. The molecule has 0 fully saturated rings. The second kappa shape index (κ2) is 5.27. The van der Waals surface area contributed by atoms with Crippen molar-refractivity contribution in [2.75, 3.05) is 0 Å². The van der Waals surface area contributed by atoms with Crippen molar-refractivity contribution in [3.63, 3.8) is 0 Å². The Bertz CT molecular complexity index is 279. The van der Waals surface area contributed by atoms with Crippen molar-refractivity contribution < 1.29 is 29.7 Å². The molecule has 0 aliphatic rings. The summed E-state index contributed by atoms with van der Waals surface area (Å²) < 4.78 is 0. The molecule has 1 amide bonds. The molecule has 0 aliphatic carbocycles. The minimum Gasteiger partial charge on any atom is -0.481 e. The standard InChI is InChI=1S/C7H12N2O6/c8-3(7(14)15)1-2(6(12)13)4(10)5(9)11/h2-4,10H,1,8H2,(H2,9,11)(H,12,13)(H,14,15)/t2?,3-,4?/m0/s1. The van der Waals surface area contributed by atoms with E-state index in [1.807, 2.05) is 0 Å². The highest BCUT2D eigenvalue weighted by Gasteiger charge is 2.33. The Hall–Kier alpha value is -1.67. The Kier molecular flexibility index (Phi) is 4.68. The normalized spacial score (nSPS) is 16.4. The van der Waals surface area contributed by atoms with Crippen LogP contribution >= 0.6 is 0 Å². The van der Waals surface area contributed by atoms with E-state index in [4.69, 9.17) is 21.1 Å². The zero-order valence-corrected chi connectivity index (χ0v) is 7.66. The lowest BCUT2D eigenvalue weighted by molar-refractivity contribution is -0.151. The first-order valence-corrected chi connectivity index (χ1v) is 3.96. The van der Waals surface area contributed by atoms with Gasteiger partial charge < -0.3 is 26.8 Å². The van der Waals surface area contributed by atoms with Gasteiger partial charge in [-0.15, -0.1) is 0 Å². The van der Waals surface area contributed by atoms with E-state index < -0.39 is 42.3 Å². The predicted molar refractivity (Wildman–Crippen MR) is 46.6 cm³/mol. The summed E-state index contributed by atoms with van der Waals surface area (Å²) in [4.78, 5) is 31.4. The maximum Gasteiger partial charge on any atom is 0.320 e. The highest BCUT2D eigenvalue weighted by Crippen LogP contribution is 2.11. The molecule has 0 radical (unpaired) electrons. The van der Waals surface area contributed by atoms with E-state index in [0.717, 1.165) is 0 Å². The molecule has 0 rings (SSSR count). The van der Waals surface area contributed by atoms with Crippen LogP contribution in [0.2, 0.25) is 0 Å². The number of amides is 1. The van der Waals surface area contributed by atoms with Crippen LogP contribution in [-0.4, -0.2) is 45.3 Å². The predicted octanol–water partition coefficient (Wildman–Crippen LogP) is -2.66. The molecule has 0 aromatic carbocycles. The third kappa shape index (κ3) is 3.92. The smallest absolute Gasteiger partial charge is 0.320 e. The summed E-state index contributed by atoms with van der Waals surface area (Å²) in [6, 6.07) is -1.47. The Balaban J connectivity index is 4.62. The summed E-state index contributed by atoms with van der Waals surface area (Å²) in [5.74, 6) is -5.80. The molecule has 0 bridgehead atoms. The summed E-state index contributed by atoms with van der Waals surface area (Å²) in [6.45, 7) is 0. The molecule has 0 heterocycles. The fourth-order valence-corrected chi connectivity index (χ4v) is 0.937. The quantitative estimate of drug-likeness (QED) is 0.325. The zero-order valence-electron chi connectivity index (χ0n) is 7.66. The van der Waals surface area contributed by atoms with E-state index in [1.54, 1.807) is 0 Å². The van der Waals surface area contributed by atoms with Crippen molar-refractivity contribution in [1.29, 1.82) is 0 Å². The summed E-state index contributed by atoms with van der Waals surface area (Å²) >= 11 is 0. The molecular weight excluding hydrogens is 208 g/mol. The highest BCUT2D eigenvalue weighted by atomic mass is 16.4. The van der Waals surface area contributed by atoms with Crippen molar-refractivity contribution >= 4 is 17.8 Å². The third-order valence-electron chi connectivity index (χ3n) is 1.81. The molecule has 8 nitrogen and oxygen atoms in total. The first-order valence-electron chi connectivity index (χ1n) is 3.96. The van der Waals surface area contributed by atoms with Gasteiger partial charge in [0, 0.05) is 0 Å². The van der Waals surface area contributed by atoms with Gasteiger partial charge in [-0.25, -0.2) is 0 Å². The van der Waals surface area contributed by atoms with Crippen LogP contribution in [0.1, 0.15) is 6.42 Å². The van der Waals surface area contributed by atoms with Crippen molar-refractivity contribution in [3.05, 3.63) is 0 Å². The number of aliphatic carboxylic acids is 2. The Labute approximate surface area is 84.5 Å². The molecule has 0 aromatic heterocycles. The fourth-order valence-electron chi connectivity index (χ4n) is 0.937. The SMILES string of the molecule is NC(=O)C(O)C(C[C@H](N)C(=O)O)C(=O)O. The van der Waals surface area contributed by atoms with Gasteiger partial charge in [-0.1, -0.05) is 0 Å². The topological polar surface area (TPSA) is 164 Å². The van der Waals surface area contributed by atoms with Gasteiger partial charge >= 0.3 is 11.9 Å². The number of carbonyl (C=O) groups is 3. The number of carbonyl (C=O) groups excluding carboxylic acids is 1. The van der Waals surface area contributed by atoms with E-state index in [9.17, 15) is 14.4 Å². The van der Waals surface area contributed by atoms with Crippen molar-refractivity contribution in [3.8, 4) is 0 Å². The van der Waals surface area contributed by atoms with Gasteiger partial charge in [0.25, 0.3) is 0 Å². The molecule has 86 valence electrons. The second-order valence-corrected chi connectivity index (χ2v) is 2.97. The van der Waals surface area contributed by atoms with Crippen LogP contribution in [0, 0.1) is 5.92 Å². The van der Waals surface area contributed by atoms with E-state index >= 15 is 0 Å². The van der Waals surface area contributed by atoms with E-state index in [2.05, 4.69) is 5.73 Å². The average Bonchev–Trinajstić information content (AvgIpc) is 2.11. The molecule has 2 unspecified atom stereocenters. The number of aliphatic hydroxyl groups excluding tert-OH is 1. The first-order chi connectivity index (χ1) is 6.77. The van der Waals surface area contributed by atoms with Crippen LogP contribution < -0.4 is 11.5 Å². The number of nitrogens with two attached hydrogens (primary N) is 2. The van der Waals surface area contributed by atoms with Gasteiger partial charge in [-0.2, -0.15) is 0 Å². The van der Waals surface area contributed by atoms with Crippen LogP contribution in [0.15, 0.2) is 0 Å². The monoisotopic (exact) mass is 220 g/mol. The molecule has 0 saturated heterocycles. The lowest BCUT2D eigenvalue weighted by Gasteiger charge is -2.17. The molecule has 7 N–H and O–H groups in total. The van der Waals surface area contributed by atoms with Gasteiger partial charge in [-0.3, -0.25) is 14.4 Å². The number of hydrogen-bond acceptors (Lipinski definition) is 5. The zero-order chi connectivity index (χ0) is 12.2. The number of hydrogen-bond donors (Lipinski definition) is 5. The summed E-state index contributed by atoms with van der Waals surface area (Å²) in [6.07, 6.45) is -2.53. The van der Waals surface area contributed by atoms with Gasteiger partial charge in [0.15, 0.2) is 0 Å². The summed E-state index contributed by atoms with van der Waals surface area (Å²) in [5, 5.41) is 26.1. The number of carboxylic acid groups (broad SMARTS) is 2.